The van der Waals surface area contributed by atoms with Crippen molar-refractivity contribution in [3.63, 3.8) is 0 Å². The molecule has 0 fully saturated rings. The van der Waals surface area contributed by atoms with Gasteiger partial charge in [0, 0.05) is 26.3 Å². The Kier molecular flexibility index (Phi) is 4.82. The fraction of sp³-hybridized carbons (Fsp3) is 0.471. The smallest absolute Gasteiger partial charge is 0.310 e. The van der Waals surface area contributed by atoms with E-state index in [4.69, 9.17) is 9.47 Å². The third-order valence-electron chi connectivity index (χ3n) is 4.00. The first-order valence-corrected chi connectivity index (χ1v) is 11.9. The lowest BCUT2D eigenvalue weighted by Crippen LogP contribution is -2.22. The van der Waals surface area contributed by atoms with Crippen LogP contribution in [0.5, 0.6) is 0 Å². The van der Waals surface area contributed by atoms with Crippen molar-refractivity contribution in [2.75, 3.05) is 13.2 Å². The molecule has 3 rings (SSSR count). The van der Waals surface area contributed by atoms with Gasteiger partial charge in [0.2, 0.25) is 0 Å². The summed E-state index contributed by atoms with van der Waals surface area (Å²) >= 11 is 0. The van der Waals surface area contributed by atoms with Crippen LogP contribution >= 0.6 is 0 Å². The first-order valence-electron chi connectivity index (χ1n) is 8.17. The number of hydrogen-bond donors (Lipinski definition) is 0. The highest BCUT2D eigenvalue weighted by molar-refractivity contribution is 6.76. The van der Waals surface area contributed by atoms with Gasteiger partial charge in [0.25, 0.3) is 0 Å². The highest BCUT2D eigenvalue weighted by Gasteiger charge is 2.18. The first kappa shape index (κ1) is 16.9. The van der Waals surface area contributed by atoms with Crippen LogP contribution in [0.25, 0.3) is 16.6 Å². The number of carbonyl (C=O) groups excluding carboxylic acids is 1. The first-order chi connectivity index (χ1) is 11.4. The fourth-order valence-electron chi connectivity index (χ4n) is 2.60. The van der Waals surface area contributed by atoms with Gasteiger partial charge < -0.3 is 14.0 Å². The minimum atomic E-state index is -1.08. The molecule has 0 bridgehead atoms. The van der Waals surface area contributed by atoms with E-state index in [9.17, 15) is 4.79 Å². The van der Waals surface area contributed by atoms with Gasteiger partial charge in [0.05, 0.1) is 12.1 Å². The van der Waals surface area contributed by atoms with E-state index in [0.29, 0.717) is 13.3 Å². The molecule has 2 aromatic heterocycles. The van der Waals surface area contributed by atoms with E-state index in [0.717, 1.165) is 35.0 Å². The van der Waals surface area contributed by atoms with Crippen LogP contribution in [0.1, 0.15) is 12.1 Å². The zero-order chi connectivity index (χ0) is 17.2. The maximum Gasteiger partial charge on any atom is 0.310 e. The van der Waals surface area contributed by atoms with E-state index in [2.05, 4.69) is 29.6 Å². The summed E-state index contributed by atoms with van der Waals surface area (Å²) in [5, 5.41) is 0.937. The molecule has 0 radical (unpaired) electrons. The molecular weight excluding hydrogens is 322 g/mol. The number of hydrogen-bond acceptors (Lipinski definition) is 5. The molecule has 128 valence electrons. The monoisotopic (exact) mass is 345 g/mol. The molecule has 0 atom stereocenters. The summed E-state index contributed by atoms with van der Waals surface area (Å²) in [6.07, 6.45) is 5.66. The Hall–Kier alpha value is -1.99. The summed E-state index contributed by atoms with van der Waals surface area (Å²) < 4.78 is 12.8. The summed E-state index contributed by atoms with van der Waals surface area (Å²) in [6.45, 7) is 8.56. The van der Waals surface area contributed by atoms with Gasteiger partial charge in [-0.05, 0) is 23.8 Å². The van der Waals surface area contributed by atoms with Crippen LogP contribution in [-0.4, -0.2) is 41.8 Å². The number of carbonyl (C=O) groups is 1. The highest BCUT2D eigenvalue weighted by atomic mass is 28.3. The standard InChI is InChI=1S/C17H23N3O3Si/c1-24(2,3)9-8-22-12-20-6-4-14-16(18-11-19-17(14)20)13-5-7-23-15(21)10-13/h4-6,11H,7-10,12H2,1-3H3. The van der Waals surface area contributed by atoms with Gasteiger partial charge in [0.1, 0.15) is 25.3 Å². The van der Waals surface area contributed by atoms with Crippen LogP contribution in [0.15, 0.2) is 24.7 Å². The van der Waals surface area contributed by atoms with Crippen LogP contribution in [0.2, 0.25) is 25.7 Å². The third kappa shape index (κ3) is 3.91. The van der Waals surface area contributed by atoms with Gasteiger partial charge in [0.15, 0.2) is 0 Å². The molecule has 7 heteroatoms. The van der Waals surface area contributed by atoms with E-state index in [1.54, 1.807) is 0 Å². The third-order valence-corrected chi connectivity index (χ3v) is 5.70. The largest absolute Gasteiger partial charge is 0.461 e. The molecule has 3 heterocycles. The lowest BCUT2D eigenvalue weighted by Gasteiger charge is -2.16. The fourth-order valence-corrected chi connectivity index (χ4v) is 3.36. The summed E-state index contributed by atoms with van der Waals surface area (Å²) in [7, 11) is -1.08. The summed E-state index contributed by atoms with van der Waals surface area (Å²) in [5.74, 6) is -0.214. The zero-order valence-electron chi connectivity index (χ0n) is 14.4. The van der Waals surface area contributed by atoms with Gasteiger partial charge in [-0.1, -0.05) is 19.6 Å². The molecule has 24 heavy (non-hydrogen) atoms. The molecule has 0 N–H and O–H groups in total. The van der Waals surface area contributed by atoms with Gasteiger partial charge >= 0.3 is 5.97 Å². The number of ether oxygens (including phenoxy) is 2. The predicted molar refractivity (Wildman–Crippen MR) is 95.2 cm³/mol. The number of nitrogens with zero attached hydrogens (tertiary/aromatic N) is 3. The maximum atomic E-state index is 11.5. The van der Waals surface area contributed by atoms with Crippen LogP contribution < -0.4 is 0 Å². The van der Waals surface area contributed by atoms with Crippen LogP contribution in [0, 0.1) is 0 Å². The van der Waals surface area contributed by atoms with Crippen molar-refractivity contribution in [1.82, 2.24) is 14.5 Å². The zero-order valence-corrected chi connectivity index (χ0v) is 15.4. The number of cyclic esters (lactones) is 1. The number of esters is 1. The van der Waals surface area contributed by atoms with E-state index in [-0.39, 0.29) is 12.4 Å². The molecule has 0 unspecified atom stereocenters. The van der Waals surface area contributed by atoms with Crippen molar-refractivity contribution in [1.29, 1.82) is 0 Å². The summed E-state index contributed by atoms with van der Waals surface area (Å²) in [5.41, 5.74) is 2.53. The molecule has 1 aliphatic rings. The van der Waals surface area contributed by atoms with Crippen molar-refractivity contribution in [3.8, 4) is 0 Å². The molecule has 0 spiro atoms. The van der Waals surface area contributed by atoms with Gasteiger partial charge in [-0.15, -0.1) is 0 Å². The molecule has 0 saturated heterocycles. The highest BCUT2D eigenvalue weighted by Crippen LogP contribution is 2.27. The lowest BCUT2D eigenvalue weighted by atomic mass is 10.0. The van der Waals surface area contributed by atoms with Crippen molar-refractivity contribution in [2.24, 2.45) is 0 Å². The molecule has 0 amide bonds. The number of aromatic nitrogens is 3. The van der Waals surface area contributed by atoms with Gasteiger partial charge in [-0.3, -0.25) is 4.79 Å². The minimum absolute atomic E-state index is 0.214. The molecule has 0 saturated carbocycles. The Morgan fingerprint density at radius 1 is 1.33 bits per heavy atom. The predicted octanol–water partition coefficient (Wildman–Crippen LogP) is 3.07. The Labute approximate surface area is 142 Å². The van der Waals surface area contributed by atoms with Crippen LogP contribution in [0.3, 0.4) is 0 Å². The summed E-state index contributed by atoms with van der Waals surface area (Å²) in [6, 6.07) is 3.12. The van der Waals surface area contributed by atoms with Crippen LogP contribution in [0.4, 0.5) is 0 Å². The van der Waals surface area contributed by atoms with Crippen molar-refractivity contribution in [3.05, 3.63) is 30.4 Å². The Morgan fingerprint density at radius 2 is 2.17 bits per heavy atom. The normalized spacial score (nSPS) is 15.5. The molecular formula is C17H23N3O3Si. The van der Waals surface area contributed by atoms with E-state index in [1.807, 2.05) is 22.9 Å². The minimum Gasteiger partial charge on any atom is -0.461 e. The Balaban J connectivity index is 1.77. The second-order valence-corrected chi connectivity index (χ2v) is 12.8. The average Bonchev–Trinajstić information content (AvgIpc) is 2.94. The molecule has 1 aliphatic heterocycles. The van der Waals surface area contributed by atoms with Crippen molar-refractivity contribution < 1.29 is 14.3 Å². The maximum absolute atomic E-state index is 11.5. The quantitative estimate of drug-likeness (QED) is 0.457. The summed E-state index contributed by atoms with van der Waals surface area (Å²) in [4.78, 5) is 20.3. The number of fused-ring (bicyclic) bond motifs is 1. The molecule has 6 nitrogen and oxygen atoms in total. The van der Waals surface area contributed by atoms with Crippen LogP contribution in [-0.2, 0) is 21.0 Å². The van der Waals surface area contributed by atoms with Crippen molar-refractivity contribution in [2.45, 2.75) is 38.8 Å². The number of rotatable bonds is 6. The Bertz CT molecular complexity index is 777. The second-order valence-electron chi connectivity index (χ2n) is 7.18. The second kappa shape index (κ2) is 6.86. The molecule has 0 aliphatic carbocycles. The van der Waals surface area contributed by atoms with Gasteiger partial charge in [-0.2, -0.15) is 0 Å². The molecule has 0 aromatic carbocycles. The Morgan fingerprint density at radius 3 is 2.92 bits per heavy atom. The van der Waals surface area contributed by atoms with Crippen molar-refractivity contribution >= 4 is 30.6 Å². The average molecular weight is 345 g/mol. The van der Waals surface area contributed by atoms with Gasteiger partial charge in [-0.25, -0.2) is 9.97 Å². The van der Waals surface area contributed by atoms with E-state index >= 15 is 0 Å². The van der Waals surface area contributed by atoms with E-state index in [1.165, 1.54) is 6.33 Å². The lowest BCUT2D eigenvalue weighted by molar-refractivity contribution is -0.141. The SMILES string of the molecule is C[Si](C)(C)CCOCn1ccc2c(C3=CCOC(=O)C3)ncnc21. The van der Waals surface area contributed by atoms with E-state index < -0.39 is 8.07 Å². The molecule has 2 aromatic rings. The topological polar surface area (TPSA) is 66.2 Å².